The number of fused-ring (bicyclic) bond motifs is 8. The predicted octanol–water partition coefficient (Wildman–Crippen LogP) is 4.52. The zero-order chi connectivity index (χ0) is 23.1. The fourth-order valence-corrected chi connectivity index (χ4v) is 4.54. The second-order valence-corrected chi connectivity index (χ2v) is 11.1. The average Bonchev–Trinajstić information content (AvgIpc) is 3.53. The van der Waals surface area contributed by atoms with Gasteiger partial charge in [-0.25, -0.2) is 0 Å². The molecule has 1 aliphatic rings. The van der Waals surface area contributed by atoms with E-state index in [9.17, 15) is 0 Å². The van der Waals surface area contributed by atoms with Crippen molar-refractivity contribution < 1.29 is 17.1 Å². The molecule has 1 radical (unpaired) electrons. The molecule has 5 heterocycles. The molecule has 8 bridgehead atoms. The molecule has 0 spiro atoms. The van der Waals surface area contributed by atoms with Crippen LogP contribution >= 0.6 is 0 Å². The van der Waals surface area contributed by atoms with Crippen LogP contribution in [0, 0.1) is 0 Å². The molecule has 7 heteroatoms. The van der Waals surface area contributed by atoms with Crippen LogP contribution in [0.1, 0.15) is 89.6 Å². The third-order valence-electron chi connectivity index (χ3n) is 7.42. The van der Waals surface area contributed by atoms with E-state index in [1.165, 1.54) is 0 Å². The number of nitrogens with zero attached hydrogens (tertiary/aromatic N) is 6. The van der Waals surface area contributed by atoms with Crippen LogP contribution in [-0.2, 0) is 39.0 Å². The van der Waals surface area contributed by atoms with Crippen LogP contribution in [0.2, 0.25) is 0 Å². The topological polar surface area (TPSA) is 63.8 Å². The molecule has 177 valence electrons. The maximum Gasteiger partial charge on any atom is 2.00 e. The summed E-state index contributed by atoms with van der Waals surface area (Å²) in [7, 11) is 0. The van der Waals surface area contributed by atoms with Crippen molar-refractivity contribution in [3.63, 3.8) is 0 Å². The number of hydrogen-bond donors (Lipinski definition) is 0. The summed E-state index contributed by atoms with van der Waals surface area (Å²) in [5.74, 6) is 0. The molecule has 33 heavy (non-hydrogen) atoms. The monoisotopic (exact) mass is 491 g/mol. The van der Waals surface area contributed by atoms with E-state index in [2.05, 4.69) is 104 Å². The minimum absolute atomic E-state index is 0. The Morgan fingerprint density at radius 2 is 0.909 bits per heavy atom. The zero-order valence-corrected chi connectivity index (χ0v) is 21.5. The van der Waals surface area contributed by atoms with Crippen LogP contribution in [0.5, 0.6) is 0 Å². The Morgan fingerprint density at radius 3 is 1.30 bits per heavy atom. The smallest absolute Gasteiger partial charge is 0.662 e. The van der Waals surface area contributed by atoms with Crippen LogP contribution in [0.4, 0.5) is 0 Å². The molecule has 5 rings (SSSR count). The first-order chi connectivity index (χ1) is 14.8. The quantitative estimate of drug-likeness (QED) is 0.339. The normalized spacial score (nSPS) is 19.6. The summed E-state index contributed by atoms with van der Waals surface area (Å²) in [5.41, 5.74) is 4.59. The van der Waals surface area contributed by atoms with E-state index in [-0.39, 0.29) is 39.0 Å². The third kappa shape index (κ3) is 3.36. The minimum atomic E-state index is -0.383. The van der Waals surface area contributed by atoms with Gasteiger partial charge in [0.25, 0.3) is 0 Å². The zero-order valence-electron chi connectivity index (χ0n) is 20.6. The van der Waals surface area contributed by atoms with Crippen molar-refractivity contribution in [2.24, 2.45) is 0 Å². The van der Waals surface area contributed by atoms with Gasteiger partial charge in [-0.05, 0) is 59.1 Å². The molecular weight excluding hydrogens is 460 g/mol. The van der Waals surface area contributed by atoms with E-state index in [1.807, 2.05) is 9.36 Å². The molecule has 0 aromatic carbocycles. The van der Waals surface area contributed by atoms with E-state index in [0.717, 1.165) is 34.2 Å². The Bertz CT molecular complexity index is 1010. The van der Waals surface area contributed by atoms with Gasteiger partial charge in [0.1, 0.15) is 0 Å². The van der Waals surface area contributed by atoms with Gasteiger partial charge >= 0.3 is 17.1 Å². The van der Waals surface area contributed by atoms with Crippen molar-refractivity contribution in [2.45, 2.75) is 77.3 Å². The van der Waals surface area contributed by atoms with E-state index in [1.54, 1.807) is 0 Å². The third-order valence-corrected chi connectivity index (χ3v) is 7.42. The first kappa shape index (κ1) is 23.7. The predicted molar refractivity (Wildman–Crippen MR) is 125 cm³/mol. The maximum absolute atomic E-state index is 5.08. The van der Waals surface area contributed by atoms with Crippen LogP contribution < -0.4 is 9.97 Å². The second-order valence-electron chi connectivity index (χ2n) is 11.1. The van der Waals surface area contributed by atoms with Crippen LogP contribution in [-0.4, -0.2) is 19.6 Å². The molecule has 1 aliphatic heterocycles. The van der Waals surface area contributed by atoms with E-state index in [0.29, 0.717) is 0 Å². The molecule has 0 atom stereocenters. The van der Waals surface area contributed by atoms with Crippen molar-refractivity contribution in [3.05, 3.63) is 83.0 Å². The molecule has 0 saturated heterocycles. The van der Waals surface area contributed by atoms with Gasteiger partial charge in [-0.3, -0.25) is 9.36 Å². The fourth-order valence-electron chi connectivity index (χ4n) is 4.54. The summed E-state index contributed by atoms with van der Waals surface area (Å²) in [6.45, 7) is 17.4. The van der Waals surface area contributed by atoms with E-state index >= 15 is 0 Å². The van der Waals surface area contributed by atoms with E-state index < -0.39 is 0 Å². The summed E-state index contributed by atoms with van der Waals surface area (Å²) < 4.78 is 4.05. The first-order valence-corrected chi connectivity index (χ1v) is 11.3. The molecule has 0 N–H and O–H groups in total. The molecule has 0 unspecified atom stereocenters. The van der Waals surface area contributed by atoms with Gasteiger partial charge in [0.15, 0.2) is 0 Å². The largest absolute Gasteiger partial charge is 2.00 e. The molecule has 0 saturated carbocycles. The maximum atomic E-state index is 5.08. The number of aromatic nitrogens is 6. The molecule has 6 nitrogen and oxygen atoms in total. The Morgan fingerprint density at radius 1 is 0.545 bits per heavy atom. The van der Waals surface area contributed by atoms with Gasteiger partial charge in [0.2, 0.25) is 0 Å². The molecule has 4 aromatic heterocycles. The van der Waals surface area contributed by atoms with Crippen molar-refractivity contribution >= 4 is 0 Å². The summed E-state index contributed by atoms with van der Waals surface area (Å²) in [5, 5.41) is 10.0. The van der Waals surface area contributed by atoms with Crippen LogP contribution in [0.3, 0.4) is 0 Å². The molecule has 0 amide bonds. The average molecular weight is 492 g/mol. The molecular formula is C26H32CuN6. The number of rotatable bonds is 0. The fraction of sp³-hybridized carbons (Fsp3) is 0.462. The Labute approximate surface area is 206 Å². The molecule has 0 fully saturated rings. The van der Waals surface area contributed by atoms with Gasteiger partial charge in [0, 0.05) is 12.4 Å². The summed E-state index contributed by atoms with van der Waals surface area (Å²) in [4.78, 5) is 10.2. The van der Waals surface area contributed by atoms with Gasteiger partial charge < -0.3 is 9.97 Å². The summed E-state index contributed by atoms with van der Waals surface area (Å²) in [6.07, 6.45) is 4.11. The van der Waals surface area contributed by atoms with Gasteiger partial charge in [-0.2, -0.15) is 21.6 Å². The van der Waals surface area contributed by atoms with Crippen molar-refractivity contribution in [3.8, 4) is 0 Å². The second kappa shape index (κ2) is 7.25. The van der Waals surface area contributed by atoms with E-state index in [4.69, 9.17) is 20.2 Å². The van der Waals surface area contributed by atoms with Crippen molar-refractivity contribution in [1.29, 1.82) is 0 Å². The first-order valence-electron chi connectivity index (χ1n) is 11.3. The SMILES string of the molecule is CC1(C)c2ccn(n2)C(C)(C)c2ccc([n-]2)C(C)(C)c2ccc([n-]2)C(C)(C)n2ccc1n2.[Cu+2]. The van der Waals surface area contributed by atoms with Gasteiger partial charge in [0.05, 0.1) is 27.9 Å². The van der Waals surface area contributed by atoms with Gasteiger partial charge in [-0.15, -0.1) is 11.4 Å². The Balaban J connectivity index is 0.00000259. The van der Waals surface area contributed by atoms with Crippen molar-refractivity contribution in [1.82, 2.24) is 29.5 Å². The molecule has 4 aromatic rings. The van der Waals surface area contributed by atoms with Crippen molar-refractivity contribution in [2.75, 3.05) is 0 Å². The summed E-state index contributed by atoms with van der Waals surface area (Å²) in [6, 6.07) is 12.7. The van der Waals surface area contributed by atoms with Gasteiger partial charge in [-0.1, -0.05) is 38.1 Å². The molecule has 0 aliphatic carbocycles. The Hall–Kier alpha value is -2.50. The Kier molecular flexibility index (Phi) is 5.19. The van der Waals surface area contributed by atoms with Crippen LogP contribution in [0.15, 0.2) is 48.8 Å². The number of hydrogen-bond acceptors (Lipinski definition) is 2. The minimum Gasteiger partial charge on any atom is -0.662 e. The standard InChI is InChI=1S/C26H32N6.Cu/c1-23(2)17-9-11-21(27-17)25(5,6)31-15-13-19(29-31)24(3,4)20-14-16-32(30-20)26(7,8)22-12-10-18(23)28-22;/h9-16H,1-8H3;/q-2;+2. The van der Waals surface area contributed by atoms with Crippen LogP contribution in [0.25, 0.3) is 0 Å². The summed E-state index contributed by atoms with van der Waals surface area (Å²) >= 11 is 0.